The molecule has 0 amide bonds. The van der Waals surface area contributed by atoms with Gasteiger partial charge in [-0.2, -0.15) is 0 Å². The van der Waals surface area contributed by atoms with Crippen molar-refractivity contribution >= 4 is 0 Å². The fourth-order valence-electron chi connectivity index (χ4n) is 5.43. The van der Waals surface area contributed by atoms with Gasteiger partial charge in [0.2, 0.25) is 0 Å². The highest BCUT2D eigenvalue weighted by Crippen LogP contribution is 2.40. The maximum atomic E-state index is 14.6. The predicted octanol–water partition coefficient (Wildman–Crippen LogP) is 8.43. The van der Waals surface area contributed by atoms with Gasteiger partial charge in [-0.3, -0.25) is 0 Å². The Labute approximate surface area is 236 Å². The molecule has 0 saturated heterocycles. The van der Waals surface area contributed by atoms with E-state index < -0.39 is 58.1 Å². The first-order chi connectivity index (χ1) is 19.3. The van der Waals surface area contributed by atoms with E-state index in [1.165, 1.54) is 24.3 Å². The molecule has 4 aromatic carbocycles. The normalized spacial score (nSPS) is 11.6. The first-order valence-corrected chi connectivity index (χ1v) is 13.2. The minimum absolute atomic E-state index is 0.309. The summed E-state index contributed by atoms with van der Waals surface area (Å²) in [5.74, 6) is -6.24. The minimum Gasteiger partial charge on any atom is -0.505 e. The van der Waals surface area contributed by atoms with Gasteiger partial charge in [0.15, 0.2) is 46.3 Å². The number of hydrogen-bond donors (Lipinski definition) is 4. The summed E-state index contributed by atoms with van der Waals surface area (Å²) in [5, 5.41) is 39.9. The molecule has 8 heteroatoms. The largest absolute Gasteiger partial charge is 0.505 e. The van der Waals surface area contributed by atoms with Gasteiger partial charge in [0.05, 0.1) is 0 Å². The van der Waals surface area contributed by atoms with Crippen molar-refractivity contribution in [2.45, 2.75) is 58.8 Å². The molecule has 0 spiro atoms. The first-order valence-electron chi connectivity index (χ1n) is 13.2. The molecule has 0 saturated carbocycles. The maximum Gasteiger partial charge on any atom is 0.165 e. The Balaban J connectivity index is 1.74. The van der Waals surface area contributed by atoms with E-state index in [0.717, 1.165) is 0 Å². The summed E-state index contributed by atoms with van der Waals surface area (Å²) < 4.78 is 58.3. The molecule has 0 aliphatic rings. The van der Waals surface area contributed by atoms with Crippen LogP contribution in [0.15, 0.2) is 48.5 Å². The van der Waals surface area contributed by atoms with Crippen LogP contribution in [-0.2, 0) is 0 Å². The number of halogens is 4. The predicted molar refractivity (Wildman–Crippen MR) is 149 cm³/mol. The standard InChI is InChI=1S/C33H32F4O4/c1-16-8-20(12-26(34)30(16)38)24(21-9-17(2)31(39)27(35)13-21)6-5-7-25(22-10-18(3)32(40)28(36)14-22)23-11-19(4)33(41)29(37)15-23/h8-15,24-25,38-41H,5-7H2,1-4H3. The van der Waals surface area contributed by atoms with E-state index in [4.69, 9.17) is 0 Å². The summed E-state index contributed by atoms with van der Waals surface area (Å²) in [4.78, 5) is 0. The Bertz CT molecular complexity index is 1290. The van der Waals surface area contributed by atoms with E-state index in [1.807, 2.05) is 0 Å². The highest BCUT2D eigenvalue weighted by molar-refractivity contribution is 5.46. The average Bonchev–Trinajstić information content (AvgIpc) is 2.91. The molecular weight excluding hydrogens is 536 g/mol. The van der Waals surface area contributed by atoms with Crippen LogP contribution in [0.5, 0.6) is 23.0 Å². The number of rotatable bonds is 8. The number of phenols is 4. The number of phenolic OH excluding ortho intramolecular Hbond substituents is 4. The highest BCUT2D eigenvalue weighted by atomic mass is 19.1. The van der Waals surface area contributed by atoms with Crippen LogP contribution in [0.3, 0.4) is 0 Å². The van der Waals surface area contributed by atoms with Crippen molar-refractivity contribution in [3.63, 3.8) is 0 Å². The maximum absolute atomic E-state index is 14.6. The van der Waals surface area contributed by atoms with Crippen molar-refractivity contribution in [2.75, 3.05) is 0 Å². The van der Waals surface area contributed by atoms with Gasteiger partial charge in [-0.05, 0) is 109 Å². The summed E-state index contributed by atoms with van der Waals surface area (Å²) in [6, 6.07) is 11.3. The van der Waals surface area contributed by atoms with Gasteiger partial charge in [-0.1, -0.05) is 30.7 Å². The summed E-state index contributed by atoms with van der Waals surface area (Å²) in [6.07, 6.45) is 1.16. The molecule has 4 rings (SSSR count). The molecule has 0 heterocycles. The molecule has 4 aromatic rings. The lowest BCUT2D eigenvalue weighted by atomic mass is 9.81. The van der Waals surface area contributed by atoms with Gasteiger partial charge in [-0.15, -0.1) is 0 Å². The molecule has 0 fully saturated rings. The Kier molecular flexibility index (Phi) is 8.52. The zero-order valence-electron chi connectivity index (χ0n) is 23.2. The van der Waals surface area contributed by atoms with E-state index in [2.05, 4.69) is 0 Å². The monoisotopic (exact) mass is 568 g/mol. The van der Waals surface area contributed by atoms with Crippen LogP contribution in [0.2, 0.25) is 0 Å². The summed E-state index contributed by atoms with van der Waals surface area (Å²) in [5.41, 5.74) is 3.23. The van der Waals surface area contributed by atoms with Crippen LogP contribution in [0.25, 0.3) is 0 Å². The molecule has 216 valence electrons. The molecule has 0 aliphatic carbocycles. The van der Waals surface area contributed by atoms with E-state index in [9.17, 15) is 38.0 Å². The van der Waals surface area contributed by atoms with E-state index in [-0.39, 0.29) is 0 Å². The first kappa shape index (κ1) is 29.8. The van der Waals surface area contributed by atoms with Crippen LogP contribution < -0.4 is 0 Å². The summed E-state index contributed by atoms with van der Waals surface area (Å²) >= 11 is 0. The number of aromatic hydroxyl groups is 4. The third kappa shape index (κ3) is 6.11. The van der Waals surface area contributed by atoms with Crippen LogP contribution in [0.1, 0.15) is 75.6 Å². The third-order valence-corrected chi connectivity index (χ3v) is 7.70. The summed E-state index contributed by atoms with van der Waals surface area (Å²) in [7, 11) is 0. The van der Waals surface area contributed by atoms with Gasteiger partial charge >= 0.3 is 0 Å². The van der Waals surface area contributed by atoms with Crippen molar-refractivity contribution in [3.05, 3.63) is 116 Å². The van der Waals surface area contributed by atoms with Crippen molar-refractivity contribution in [1.82, 2.24) is 0 Å². The topological polar surface area (TPSA) is 80.9 Å². The molecule has 41 heavy (non-hydrogen) atoms. The molecular formula is C33H32F4O4. The third-order valence-electron chi connectivity index (χ3n) is 7.70. The number of aryl methyl sites for hydroxylation is 4. The molecule has 0 aromatic heterocycles. The van der Waals surface area contributed by atoms with Crippen LogP contribution >= 0.6 is 0 Å². The second-order valence-electron chi connectivity index (χ2n) is 10.7. The Morgan fingerprint density at radius 1 is 0.439 bits per heavy atom. The molecule has 0 radical (unpaired) electrons. The number of hydrogen-bond acceptors (Lipinski definition) is 4. The lowest BCUT2D eigenvalue weighted by Gasteiger charge is -2.24. The fourth-order valence-corrected chi connectivity index (χ4v) is 5.43. The zero-order chi connectivity index (χ0) is 30.2. The molecule has 0 atom stereocenters. The molecule has 0 aliphatic heterocycles. The summed E-state index contributed by atoms with van der Waals surface area (Å²) in [6.45, 7) is 6.23. The van der Waals surface area contributed by atoms with Crippen molar-refractivity contribution < 1.29 is 38.0 Å². The lowest BCUT2D eigenvalue weighted by Crippen LogP contribution is -2.08. The second-order valence-corrected chi connectivity index (χ2v) is 10.7. The van der Waals surface area contributed by atoms with Crippen molar-refractivity contribution in [1.29, 1.82) is 0 Å². The second kappa shape index (κ2) is 11.7. The quantitative estimate of drug-likeness (QED) is 0.161. The van der Waals surface area contributed by atoms with E-state index in [1.54, 1.807) is 52.0 Å². The van der Waals surface area contributed by atoms with E-state index in [0.29, 0.717) is 63.8 Å². The van der Waals surface area contributed by atoms with Gasteiger partial charge in [0.1, 0.15) is 0 Å². The van der Waals surface area contributed by atoms with Crippen LogP contribution in [0.4, 0.5) is 17.6 Å². The van der Waals surface area contributed by atoms with Gasteiger partial charge < -0.3 is 20.4 Å². The Hall–Kier alpha value is -4.20. The molecule has 4 nitrogen and oxygen atoms in total. The van der Waals surface area contributed by atoms with Crippen LogP contribution in [0, 0.1) is 51.0 Å². The smallest absolute Gasteiger partial charge is 0.165 e. The molecule has 0 bridgehead atoms. The highest BCUT2D eigenvalue weighted by Gasteiger charge is 2.24. The number of benzene rings is 4. The van der Waals surface area contributed by atoms with Gasteiger partial charge in [0.25, 0.3) is 0 Å². The Morgan fingerprint density at radius 2 is 0.659 bits per heavy atom. The van der Waals surface area contributed by atoms with Gasteiger partial charge in [0, 0.05) is 11.8 Å². The van der Waals surface area contributed by atoms with Gasteiger partial charge in [-0.25, -0.2) is 17.6 Å². The van der Waals surface area contributed by atoms with Crippen LogP contribution in [-0.4, -0.2) is 20.4 Å². The zero-order valence-corrected chi connectivity index (χ0v) is 23.2. The molecule has 0 unspecified atom stereocenters. The molecule has 4 N–H and O–H groups in total. The average molecular weight is 569 g/mol. The SMILES string of the molecule is Cc1cc(C(CCCC(c2cc(C)c(O)c(F)c2)c2cc(C)c(O)c(F)c2)c2cc(C)c(O)c(F)c2)cc(F)c1O. The fraction of sp³-hybridized carbons (Fsp3) is 0.273. The van der Waals surface area contributed by atoms with Crippen molar-refractivity contribution in [3.8, 4) is 23.0 Å². The van der Waals surface area contributed by atoms with Crippen molar-refractivity contribution in [2.24, 2.45) is 0 Å². The minimum atomic E-state index is -0.816. The van der Waals surface area contributed by atoms with E-state index >= 15 is 0 Å². The lowest BCUT2D eigenvalue weighted by molar-refractivity contribution is 0.425. The Morgan fingerprint density at radius 3 is 0.854 bits per heavy atom.